The molecule has 0 radical (unpaired) electrons. The summed E-state index contributed by atoms with van der Waals surface area (Å²) in [6, 6.07) is 4.18. The van der Waals surface area contributed by atoms with E-state index in [1.807, 2.05) is 0 Å². The second kappa shape index (κ2) is 5.70. The third-order valence-corrected chi connectivity index (χ3v) is 2.74. The van der Waals surface area contributed by atoms with Crippen molar-refractivity contribution >= 4 is 5.91 Å². The van der Waals surface area contributed by atoms with Crippen molar-refractivity contribution < 1.29 is 19.7 Å². The maximum Gasteiger partial charge on any atom is 0.258 e. The molecule has 18 heavy (non-hydrogen) atoms. The molecular formula is C12H16N2O4. The molecule has 0 aromatic heterocycles. The molecule has 6 heteroatoms. The fourth-order valence-electron chi connectivity index (χ4n) is 1.81. The van der Waals surface area contributed by atoms with E-state index in [-0.39, 0.29) is 23.2 Å². The van der Waals surface area contributed by atoms with Crippen LogP contribution < -0.4 is 10.6 Å². The van der Waals surface area contributed by atoms with Crippen molar-refractivity contribution in [2.45, 2.75) is 6.10 Å². The Labute approximate surface area is 105 Å². The van der Waals surface area contributed by atoms with Crippen LogP contribution in [0.4, 0.5) is 0 Å². The minimum Gasteiger partial charge on any atom is -0.507 e. The van der Waals surface area contributed by atoms with Crippen LogP contribution in [0.25, 0.3) is 0 Å². The first-order chi connectivity index (χ1) is 8.68. The van der Waals surface area contributed by atoms with Gasteiger partial charge < -0.3 is 25.6 Å². The van der Waals surface area contributed by atoms with Crippen LogP contribution in [0.15, 0.2) is 18.2 Å². The molecule has 1 aromatic carbocycles. The molecule has 0 bridgehead atoms. The van der Waals surface area contributed by atoms with E-state index in [0.29, 0.717) is 19.7 Å². The Kier molecular flexibility index (Phi) is 4.01. The number of hydrogen-bond donors (Lipinski definition) is 4. The lowest BCUT2D eigenvalue weighted by Crippen LogP contribution is -2.45. The van der Waals surface area contributed by atoms with Gasteiger partial charge in [0, 0.05) is 19.6 Å². The van der Waals surface area contributed by atoms with E-state index < -0.39 is 5.91 Å². The zero-order valence-electron chi connectivity index (χ0n) is 9.85. The van der Waals surface area contributed by atoms with E-state index in [1.54, 1.807) is 0 Å². The molecule has 0 saturated carbocycles. The van der Waals surface area contributed by atoms with Crippen LogP contribution in [-0.2, 0) is 4.74 Å². The summed E-state index contributed by atoms with van der Waals surface area (Å²) < 4.78 is 5.42. The third kappa shape index (κ3) is 2.91. The van der Waals surface area contributed by atoms with Gasteiger partial charge in [-0.1, -0.05) is 6.07 Å². The Bertz CT molecular complexity index is 410. The van der Waals surface area contributed by atoms with Crippen molar-refractivity contribution in [3.63, 3.8) is 0 Å². The Morgan fingerprint density at radius 3 is 2.78 bits per heavy atom. The predicted molar refractivity (Wildman–Crippen MR) is 64.7 cm³/mol. The molecule has 4 N–H and O–H groups in total. The molecule has 1 aliphatic heterocycles. The average molecular weight is 252 g/mol. The van der Waals surface area contributed by atoms with E-state index in [2.05, 4.69) is 10.6 Å². The molecular weight excluding hydrogens is 236 g/mol. The normalized spacial score (nSPS) is 19.4. The van der Waals surface area contributed by atoms with Gasteiger partial charge in [0.2, 0.25) is 0 Å². The second-order valence-electron chi connectivity index (χ2n) is 4.08. The number of nitrogens with one attached hydrogen (secondary N) is 2. The predicted octanol–water partition coefficient (Wildman–Crippen LogP) is -0.184. The molecule has 0 spiro atoms. The van der Waals surface area contributed by atoms with E-state index in [1.165, 1.54) is 18.2 Å². The van der Waals surface area contributed by atoms with E-state index in [4.69, 9.17) is 4.74 Å². The molecule has 1 saturated heterocycles. The van der Waals surface area contributed by atoms with Crippen LogP contribution in [0.3, 0.4) is 0 Å². The van der Waals surface area contributed by atoms with Crippen molar-refractivity contribution in [3.8, 4) is 11.5 Å². The monoisotopic (exact) mass is 252 g/mol. The van der Waals surface area contributed by atoms with Crippen LogP contribution in [0.1, 0.15) is 10.4 Å². The summed E-state index contributed by atoms with van der Waals surface area (Å²) in [4.78, 5) is 11.8. The molecule has 1 aromatic rings. The highest BCUT2D eigenvalue weighted by molar-refractivity contribution is 5.99. The Morgan fingerprint density at radius 1 is 1.44 bits per heavy atom. The summed E-state index contributed by atoms with van der Waals surface area (Å²) in [5.41, 5.74) is -0.110. The minimum absolute atomic E-state index is 0.0873. The quantitative estimate of drug-likeness (QED) is 0.599. The first kappa shape index (κ1) is 12.7. The zero-order chi connectivity index (χ0) is 13.0. The maximum absolute atomic E-state index is 11.8. The number of benzene rings is 1. The van der Waals surface area contributed by atoms with Crippen molar-refractivity contribution in [1.82, 2.24) is 10.6 Å². The number of aromatic hydroxyl groups is 2. The van der Waals surface area contributed by atoms with Gasteiger partial charge in [-0.3, -0.25) is 4.79 Å². The summed E-state index contributed by atoms with van der Waals surface area (Å²) in [5.74, 6) is -0.995. The van der Waals surface area contributed by atoms with Gasteiger partial charge in [0.15, 0.2) is 0 Å². The molecule has 6 nitrogen and oxygen atoms in total. The lowest BCUT2D eigenvalue weighted by Gasteiger charge is -2.23. The number of morpholine rings is 1. The van der Waals surface area contributed by atoms with Gasteiger partial charge in [0.25, 0.3) is 5.91 Å². The number of phenols is 2. The fraction of sp³-hybridized carbons (Fsp3) is 0.417. The van der Waals surface area contributed by atoms with E-state index >= 15 is 0 Å². The van der Waals surface area contributed by atoms with Gasteiger partial charge >= 0.3 is 0 Å². The SMILES string of the molecule is O=C(NCC1CNCCO1)c1c(O)cccc1O. The first-order valence-electron chi connectivity index (χ1n) is 5.80. The third-order valence-electron chi connectivity index (χ3n) is 2.74. The van der Waals surface area contributed by atoms with Crippen LogP contribution in [0, 0.1) is 0 Å². The van der Waals surface area contributed by atoms with Gasteiger partial charge in [-0.15, -0.1) is 0 Å². The summed E-state index contributed by atoms with van der Waals surface area (Å²) in [6.07, 6.45) is -0.0873. The average Bonchev–Trinajstić information content (AvgIpc) is 2.37. The molecule has 1 atom stereocenters. The lowest BCUT2D eigenvalue weighted by molar-refractivity contribution is 0.0286. The fourth-order valence-corrected chi connectivity index (χ4v) is 1.81. The van der Waals surface area contributed by atoms with Gasteiger partial charge in [-0.2, -0.15) is 0 Å². The van der Waals surface area contributed by atoms with Crippen molar-refractivity contribution in [1.29, 1.82) is 0 Å². The van der Waals surface area contributed by atoms with Crippen molar-refractivity contribution in [3.05, 3.63) is 23.8 Å². The van der Waals surface area contributed by atoms with Crippen LogP contribution in [0.5, 0.6) is 11.5 Å². The summed E-state index contributed by atoms with van der Waals surface area (Å²) in [5, 5.41) is 24.8. The summed E-state index contributed by atoms with van der Waals surface area (Å²) in [7, 11) is 0. The zero-order valence-corrected chi connectivity index (χ0v) is 9.85. The number of rotatable bonds is 3. The van der Waals surface area contributed by atoms with Crippen LogP contribution in [-0.4, -0.2) is 48.5 Å². The molecule has 0 aliphatic carbocycles. The van der Waals surface area contributed by atoms with E-state index in [0.717, 1.165) is 6.54 Å². The highest BCUT2D eigenvalue weighted by Crippen LogP contribution is 2.25. The molecule has 1 aliphatic rings. The highest BCUT2D eigenvalue weighted by Gasteiger charge is 2.18. The van der Waals surface area contributed by atoms with Crippen molar-refractivity contribution in [2.24, 2.45) is 0 Å². The van der Waals surface area contributed by atoms with Gasteiger partial charge in [-0.05, 0) is 12.1 Å². The largest absolute Gasteiger partial charge is 0.507 e. The van der Waals surface area contributed by atoms with Gasteiger partial charge in [-0.25, -0.2) is 0 Å². The number of carbonyl (C=O) groups is 1. The highest BCUT2D eigenvalue weighted by atomic mass is 16.5. The Balaban J connectivity index is 1.95. The van der Waals surface area contributed by atoms with Crippen LogP contribution >= 0.6 is 0 Å². The molecule has 1 heterocycles. The van der Waals surface area contributed by atoms with E-state index in [9.17, 15) is 15.0 Å². The van der Waals surface area contributed by atoms with Crippen LogP contribution in [0.2, 0.25) is 0 Å². The van der Waals surface area contributed by atoms with Gasteiger partial charge in [0.05, 0.1) is 12.7 Å². The number of phenolic OH excluding ortho intramolecular Hbond substituents is 2. The molecule has 1 fully saturated rings. The number of amides is 1. The molecule has 1 unspecified atom stereocenters. The first-order valence-corrected chi connectivity index (χ1v) is 5.80. The summed E-state index contributed by atoms with van der Waals surface area (Å²) >= 11 is 0. The maximum atomic E-state index is 11.8. The molecule has 1 amide bonds. The Hall–Kier alpha value is -1.79. The summed E-state index contributed by atoms with van der Waals surface area (Å²) in [6.45, 7) is 2.43. The number of hydrogen-bond acceptors (Lipinski definition) is 5. The Morgan fingerprint density at radius 2 is 2.17 bits per heavy atom. The number of carbonyl (C=O) groups excluding carboxylic acids is 1. The smallest absolute Gasteiger partial charge is 0.258 e. The topological polar surface area (TPSA) is 90.8 Å². The lowest BCUT2D eigenvalue weighted by atomic mass is 10.1. The molecule has 98 valence electrons. The van der Waals surface area contributed by atoms with Gasteiger partial charge in [0.1, 0.15) is 17.1 Å². The standard InChI is InChI=1S/C12H16N2O4/c15-9-2-1-3-10(16)11(9)12(17)14-7-8-6-13-4-5-18-8/h1-3,8,13,15-16H,4-7H2,(H,14,17). The van der Waals surface area contributed by atoms with Crippen molar-refractivity contribution in [2.75, 3.05) is 26.2 Å². The number of ether oxygens (including phenoxy) is 1. The minimum atomic E-state index is -0.514. The molecule has 2 rings (SSSR count). The second-order valence-corrected chi connectivity index (χ2v) is 4.08.